The van der Waals surface area contributed by atoms with Gasteiger partial charge in [0.2, 0.25) is 5.75 Å². The van der Waals surface area contributed by atoms with Gasteiger partial charge in [-0.1, -0.05) is 12.1 Å². The summed E-state index contributed by atoms with van der Waals surface area (Å²) < 4.78 is 34.1. The Bertz CT molecular complexity index is 928. The molecule has 1 aliphatic rings. The first-order chi connectivity index (χ1) is 16.4. The largest absolute Gasteiger partial charge is 0.497 e. The number of nitrogens with zero attached hydrogens (tertiary/aromatic N) is 1. The summed E-state index contributed by atoms with van der Waals surface area (Å²) in [7, 11) is 6.38. The molecular formula is C26H37NO7. The first kappa shape index (κ1) is 26.1. The van der Waals surface area contributed by atoms with Crippen LogP contribution in [0.5, 0.6) is 23.0 Å². The van der Waals surface area contributed by atoms with Gasteiger partial charge in [-0.05, 0) is 50.1 Å². The van der Waals surface area contributed by atoms with Crippen LogP contribution in [0.2, 0.25) is 0 Å². The molecule has 2 aromatic carbocycles. The summed E-state index contributed by atoms with van der Waals surface area (Å²) in [5, 5.41) is 11.8. The lowest BCUT2D eigenvalue weighted by molar-refractivity contribution is -0.161. The van der Waals surface area contributed by atoms with E-state index in [-0.39, 0.29) is 12.1 Å². The van der Waals surface area contributed by atoms with E-state index in [1.165, 1.54) is 0 Å². The highest BCUT2D eigenvalue weighted by Crippen LogP contribution is 2.54. The lowest BCUT2D eigenvalue weighted by Crippen LogP contribution is -2.45. The van der Waals surface area contributed by atoms with E-state index in [1.54, 1.807) is 28.4 Å². The Balaban J connectivity index is 2.18. The highest BCUT2D eigenvalue weighted by atomic mass is 16.7. The molecule has 0 spiro atoms. The molecule has 1 N–H and O–H groups in total. The van der Waals surface area contributed by atoms with Gasteiger partial charge in [-0.3, -0.25) is 4.90 Å². The van der Waals surface area contributed by atoms with Gasteiger partial charge < -0.3 is 33.5 Å². The van der Waals surface area contributed by atoms with Gasteiger partial charge in [0, 0.05) is 24.8 Å². The van der Waals surface area contributed by atoms with Crippen LogP contribution in [0.15, 0.2) is 30.3 Å². The zero-order valence-corrected chi connectivity index (χ0v) is 21.2. The molecular weight excluding hydrogens is 438 g/mol. The van der Waals surface area contributed by atoms with E-state index in [1.807, 2.05) is 44.2 Å². The van der Waals surface area contributed by atoms with Crippen molar-refractivity contribution in [1.82, 2.24) is 4.90 Å². The number of aliphatic hydroxyl groups excluding tert-OH is 1. The topological polar surface area (TPSA) is 78.9 Å². The summed E-state index contributed by atoms with van der Waals surface area (Å²) in [5.41, 5.74) is 2.54. The molecule has 34 heavy (non-hydrogen) atoms. The summed E-state index contributed by atoms with van der Waals surface area (Å²) in [6.45, 7) is 7.47. The van der Waals surface area contributed by atoms with Crippen LogP contribution in [0.4, 0.5) is 0 Å². The lowest BCUT2D eigenvalue weighted by Gasteiger charge is -2.46. The van der Waals surface area contributed by atoms with Crippen molar-refractivity contribution in [2.24, 2.45) is 0 Å². The summed E-state index contributed by atoms with van der Waals surface area (Å²) >= 11 is 0. The van der Waals surface area contributed by atoms with Gasteiger partial charge in [-0.25, -0.2) is 0 Å². The summed E-state index contributed by atoms with van der Waals surface area (Å²) in [6, 6.07) is 9.09. The number of ether oxygens (including phenoxy) is 6. The standard InChI is InChI=1S/C26H37NO7/c1-8-33-21(34-9-2)15-27-16(3)22-19(14-20(30-5)25(31-6)26(22)32-7)24(28)23(27)17-10-12-18(29-4)13-11-17/h10-14,16,21,23-24,28H,8-9,15H2,1-7H3/t16-,23+,24-/m0/s1. The zero-order chi connectivity index (χ0) is 24.8. The van der Waals surface area contributed by atoms with E-state index < -0.39 is 12.4 Å². The highest BCUT2D eigenvalue weighted by molar-refractivity contribution is 5.62. The SMILES string of the molecule is CCOC(CN1[C@H](c2ccc(OC)cc2)[C@@H](O)c2cc(OC)c(OC)c(OC)c2[C@@H]1C)OCC. The zero-order valence-electron chi connectivity index (χ0n) is 21.2. The molecule has 0 aromatic heterocycles. The van der Waals surface area contributed by atoms with E-state index in [0.29, 0.717) is 37.0 Å². The van der Waals surface area contributed by atoms with E-state index in [4.69, 9.17) is 28.4 Å². The lowest BCUT2D eigenvalue weighted by atomic mass is 9.82. The highest BCUT2D eigenvalue weighted by Gasteiger charge is 2.43. The van der Waals surface area contributed by atoms with Gasteiger partial charge in [0.25, 0.3) is 0 Å². The number of rotatable bonds is 11. The van der Waals surface area contributed by atoms with Gasteiger partial charge in [0.05, 0.1) is 47.1 Å². The second-order valence-electron chi connectivity index (χ2n) is 8.02. The van der Waals surface area contributed by atoms with Crippen LogP contribution in [-0.4, -0.2) is 64.5 Å². The predicted molar refractivity (Wildman–Crippen MR) is 129 cm³/mol. The van der Waals surface area contributed by atoms with E-state index in [9.17, 15) is 5.11 Å². The molecule has 1 heterocycles. The third kappa shape index (κ3) is 4.95. The predicted octanol–water partition coefficient (Wildman–Crippen LogP) is 4.27. The summed E-state index contributed by atoms with van der Waals surface area (Å²) in [5.74, 6) is 2.30. The quantitative estimate of drug-likeness (QED) is 0.483. The Morgan fingerprint density at radius 2 is 1.50 bits per heavy atom. The van der Waals surface area contributed by atoms with Crippen molar-refractivity contribution in [2.75, 3.05) is 48.2 Å². The van der Waals surface area contributed by atoms with E-state index in [2.05, 4.69) is 11.8 Å². The summed E-state index contributed by atoms with van der Waals surface area (Å²) in [4.78, 5) is 2.19. The third-order valence-electron chi connectivity index (χ3n) is 6.31. The monoisotopic (exact) mass is 475 g/mol. The number of aliphatic hydroxyl groups is 1. The van der Waals surface area contributed by atoms with Gasteiger partial charge >= 0.3 is 0 Å². The molecule has 0 fully saturated rings. The van der Waals surface area contributed by atoms with E-state index >= 15 is 0 Å². The molecule has 3 rings (SSSR count). The van der Waals surface area contributed by atoms with Crippen molar-refractivity contribution in [3.05, 3.63) is 47.0 Å². The smallest absolute Gasteiger partial charge is 0.203 e. The molecule has 0 saturated heterocycles. The average molecular weight is 476 g/mol. The van der Waals surface area contributed by atoms with Crippen LogP contribution < -0.4 is 18.9 Å². The Kier molecular flexibility index (Phi) is 9.02. The number of benzene rings is 2. The maximum atomic E-state index is 11.8. The molecule has 188 valence electrons. The maximum Gasteiger partial charge on any atom is 0.203 e. The van der Waals surface area contributed by atoms with Crippen LogP contribution in [0.25, 0.3) is 0 Å². The van der Waals surface area contributed by atoms with Gasteiger partial charge in [0.1, 0.15) is 5.75 Å². The van der Waals surface area contributed by atoms with Crippen LogP contribution in [0.3, 0.4) is 0 Å². The second-order valence-corrected chi connectivity index (χ2v) is 8.02. The molecule has 0 amide bonds. The number of methoxy groups -OCH3 is 4. The Hall–Kier alpha value is -2.52. The fourth-order valence-corrected chi connectivity index (χ4v) is 4.78. The van der Waals surface area contributed by atoms with Crippen LogP contribution in [0.1, 0.15) is 55.6 Å². The first-order valence-electron chi connectivity index (χ1n) is 11.6. The number of fused-ring (bicyclic) bond motifs is 1. The van der Waals surface area contributed by atoms with Crippen molar-refractivity contribution in [2.45, 2.75) is 45.2 Å². The van der Waals surface area contributed by atoms with Gasteiger partial charge in [-0.15, -0.1) is 0 Å². The molecule has 1 aliphatic heterocycles. The third-order valence-corrected chi connectivity index (χ3v) is 6.31. The van der Waals surface area contributed by atoms with Gasteiger partial charge in [0.15, 0.2) is 17.8 Å². The summed E-state index contributed by atoms with van der Waals surface area (Å²) in [6.07, 6.45) is -1.31. The first-order valence-corrected chi connectivity index (χ1v) is 11.6. The fourth-order valence-electron chi connectivity index (χ4n) is 4.78. The fraction of sp³-hybridized carbons (Fsp3) is 0.538. The Labute approximate surface area is 202 Å². The minimum Gasteiger partial charge on any atom is -0.497 e. The molecule has 0 unspecified atom stereocenters. The van der Waals surface area contributed by atoms with Crippen molar-refractivity contribution >= 4 is 0 Å². The van der Waals surface area contributed by atoms with Crippen molar-refractivity contribution < 1.29 is 33.5 Å². The molecule has 8 nitrogen and oxygen atoms in total. The molecule has 0 radical (unpaired) electrons. The van der Waals surface area contributed by atoms with E-state index in [0.717, 1.165) is 22.4 Å². The minimum absolute atomic E-state index is 0.149. The molecule has 0 bridgehead atoms. The van der Waals surface area contributed by atoms with Crippen LogP contribution in [-0.2, 0) is 9.47 Å². The number of hydrogen-bond acceptors (Lipinski definition) is 8. The van der Waals surface area contributed by atoms with Crippen molar-refractivity contribution in [3.63, 3.8) is 0 Å². The molecule has 8 heteroatoms. The number of hydrogen-bond donors (Lipinski definition) is 1. The van der Waals surface area contributed by atoms with Gasteiger partial charge in [-0.2, -0.15) is 0 Å². The Morgan fingerprint density at radius 1 is 0.882 bits per heavy atom. The molecule has 0 aliphatic carbocycles. The molecule has 2 aromatic rings. The minimum atomic E-state index is -0.864. The average Bonchev–Trinajstić information content (AvgIpc) is 2.86. The Morgan fingerprint density at radius 3 is 2.00 bits per heavy atom. The maximum absolute atomic E-state index is 11.8. The normalized spacial score (nSPS) is 20.2. The molecule has 3 atom stereocenters. The van der Waals surface area contributed by atoms with Crippen LogP contribution >= 0.6 is 0 Å². The van der Waals surface area contributed by atoms with Crippen LogP contribution in [0, 0.1) is 0 Å². The molecule has 0 saturated carbocycles. The van der Waals surface area contributed by atoms with Crippen molar-refractivity contribution in [1.29, 1.82) is 0 Å². The second kappa shape index (κ2) is 11.8. The van der Waals surface area contributed by atoms with Crippen molar-refractivity contribution in [3.8, 4) is 23.0 Å².